The zero-order valence-electron chi connectivity index (χ0n) is 28.0. The highest BCUT2D eigenvalue weighted by molar-refractivity contribution is 7.22. The predicted octanol–water partition coefficient (Wildman–Crippen LogP) is 7.26. The third kappa shape index (κ3) is 8.52. The van der Waals surface area contributed by atoms with Crippen molar-refractivity contribution in [1.82, 2.24) is 19.9 Å². The highest BCUT2D eigenvalue weighted by atomic mass is 35.5. The molecule has 2 aromatic carbocycles. The van der Waals surface area contributed by atoms with Gasteiger partial charge in [-0.25, -0.2) is 4.39 Å². The number of aromatic nitrogens is 3. The van der Waals surface area contributed by atoms with Gasteiger partial charge < -0.3 is 29.6 Å². The van der Waals surface area contributed by atoms with Crippen molar-refractivity contribution < 1.29 is 28.1 Å². The number of fused-ring (bicyclic) bond motifs is 1. The second kappa shape index (κ2) is 17.1. The van der Waals surface area contributed by atoms with Crippen LogP contribution in [0, 0.1) is 5.82 Å². The summed E-state index contributed by atoms with van der Waals surface area (Å²) in [5.74, 6) is -0.362. The first-order valence-electron chi connectivity index (χ1n) is 15.7. The van der Waals surface area contributed by atoms with Crippen LogP contribution in [0.15, 0.2) is 96.2 Å². The number of rotatable bonds is 14. The second-order valence-corrected chi connectivity index (χ2v) is 12.0. The molecule has 0 saturated heterocycles. The van der Waals surface area contributed by atoms with E-state index in [0.29, 0.717) is 35.9 Å². The Morgan fingerprint density at radius 1 is 0.961 bits per heavy atom. The minimum absolute atomic E-state index is 0. The Morgan fingerprint density at radius 2 is 1.78 bits per heavy atom. The molecule has 0 aliphatic heterocycles. The topological polar surface area (TPSA) is 126 Å². The fourth-order valence-corrected chi connectivity index (χ4v) is 6.17. The molecule has 11 nitrogen and oxygen atoms in total. The first-order chi connectivity index (χ1) is 24.4. The van der Waals surface area contributed by atoms with Crippen molar-refractivity contribution in [3.05, 3.63) is 119 Å². The summed E-state index contributed by atoms with van der Waals surface area (Å²) in [6, 6.07) is 19.9. The van der Waals surface area contributed by atoms with Crippen molar-refractivity contribution in [1.29, 1.82) is 0 Å². The molecule has 0 aliphatic carbocycles. The number of hydrogen-bond acceptors (Lipinski definition) is 10. The maximum absolute atomic E-state index is 15.4. The Labute approximate surface area is 303 Å². The van der Waals surface area contributed by atoms with Crippen LogP contribution in [0.25, 0.3) is 26.5 Å². The Kier molecular flexibility index (Phi) is 12.3. The van der Waals surface area contributed by atoms with E-state index in [1.807, 2.05) is 24.4 Å². The van der Waals surface area contributed by atoms with Gasteiger partial charge in [0.1, 0.15) is 22.8 Å². The van der Waals surface area contributed by atoms with E-state index in [-0.39, 0.29) is 41.8 Å². The minimum Gasteiger partial charge on any atom is -0.497 e. The average Bonchev–Trinajstić information content (AvgIpc) is 3.57. The summed E-state index contributed by atoms with van der Waals surface area (Å²) in [5, 5.41) is 5.92. The van der Waals surface area contributed by atoms with E-state index >= 15 is 4.39 Å². The van der Waals surface area contributed by atoms with E-state index in [4.69, 9.17) is 18.9 Å². The van der Waals surface area contributed by atoms with Gasteiger partial charge in [0, 0.05) is 62.3 Å². The molecule has 264 valence electrons. The van der Waals surface area contributed by atoms with Crippen molar-refractivity contribution in [3.8, 4) is 39.3 Å². The standard InChI is InChI=1S/C37H34FN5O6S.ClH/c1-4-48-31-14-17-43(25-7-9-26(47-3)10-8-25)37(45)34(31)36(44)42-24-6-12-30(27(38)19-24)49-32-13-15-40-29-20-33(50-35(29)32)28-11-5-23(22-41-28)21-39-16-18-46-2;/h5-15,17,19-20,22,39H,4,16,18,21H2,1-3H3,(H,42,44);1H. The third-order valence-corrected chi connectivity index (χ3v) is 8.77. The van der Waals surface area contributed by atoms with Gasteiger partial charge >= 0.3 is 0 Å². The van der Waals surface area contributed by atoms with Crippen LogP contribution in [0.2, 0.25) is 0 Å². The molecule has 51 heavy (non-hydrogen) atoms. The number of ether oxygens (including phenoxy) is 4. The molecular weight excluding hydrogens is 697 g/mol. The number of carbonyl (C=O) groups excluding carboxylic acids is 1. The molecule has 0 saturated carbocycles. The first-order valence-corrected chi connectivity index (χ1v) is 16.5. The summed E-state index contributed by atoms with van der Waals surface area (Å²) in [6.07, 6.45) is 4.95. The number of hydrogen-bond donors (Lipinski definition) is 2. The molecule has 0 bridgehead atoms. The molecule has 6 aromatic rings. The zero-order valence-corrected chi connectivity index (χ0v) is 29.6. The van der Waals surface area contributed by atoms with Crippen LogP contribution in [0.1, 0.15) is 22.8 Å². The number of methoxy groups -OCH3 is 2. The summed E-state index contributed by atoms with van der Waals surface area (Å²) in [6.45, 7) is 4.05. The van der Waals surface area contributed by atoms with Gasteiger partial charge in [0.25, 0.3) is 11.5 Å². The highest BCUT2D eigenvalue weighted by Gasteiger charge is 2.21. The first kappa shape index (κ1) is 36.9. The SMILES string of the molecule is CCOc1ccn(-c2ccc(OC)cc2)c(=O)c1C(=O)Nc1ccc(Oc2ccnc3cc(-c4ccc(CNCCOC)cn4)sc23)c(F)c1.Cl. The lowest BCUT2D eigenvalue weighted by molar-refractivity contribution is 0.102. The molecule has 14 heteroatoms. The quantitative estimate of drug-likeness (QED) is 0.111. The molecule has 4 aromatic heterocycles. The van der Waals surface area contributed by atoms with E-state index in [0.717, 1.165) is 33.4 Å². The Balaban J connectivity index is 0.00000504. The van der Waals surface area contributed by atoms with Gasteiger partial charge in [-0.1, -0.05) is 6.07 Å². The van der Waals surface area contributed by atoms with E-state index in [1.165, 1.54) is 34.2 Å². The number of halogens is 2. The molecule has 0 radical (unpaired) electrons. The van der Waals surface area contributed by atoms with Gasteiger partial charge in [-0.2, -0.15) is 0 Å². The lowest BCUT2D eigenvalue weighted by Crippen LogP contribution is -2.29. The summed E-state index contributed by atoms with van der Waals surface area (Å²) < 4.78 is 39.4. The molecule has 6 rings (SSSR count). The number of anilines is 1. The van der Waals surface area contributed by atoms with Gasteiger partial charge in [0.15, 0.2) is 11.6 Å². The lowest BCUT2D eigenvalue weighted by atomic mass is 10.2. The van der Waals surface area contributed by atoms with Crippen LogP contribution in [0.5, 0.6) is 23.0 Å². The fraction of sp³-hybridized carbons (Fsp3) is 0.189. The van der Waals surface area contributed by atoms with Gasteiger partial charge in [-0.05, 0) is 67.1 Å². The van der Waals surface area contributed by atoms with Crippen LogP contribution in [-0.2, 0) is 11.3 Å². The van der Waals surface area contributed by atoms with Gasteiger partial charge in [0.2, 0.25) is 0 Å². The average molecular weight is 732 g/mol. The molecule has 0 atom stereocenters. The van der Waals surface area contributed by atoms with Crippen LogP contribution in [0.3, 0.4) is 0 Å². The van der Waals surface area contributed by atoms with E-state index in [2.05, 4.69) is 20.6 Å². The third-order valence-electron chi connectivity index (χ3n) is 7.61. The fourth-order valence-electron chi connectivity index (χ4n) is 5.13. The van der Waals surface area contributed by atoms with E-state index in [1.54, 1.807) is 63.7 Å². The van der Waals surface area contributed by atoms with Crippen LogP contribution in [0.4, 0.5) is 10.1 Å². The van der Waals surface area contributed by atoms with E-state index < -0.39 is 17.3 Å². The highest BCUT2D eigenvalue weighted by Crippen LogP contribution is 2.39. The van der Waals surface area contributed by atoms with Crippen molar-refractivity contribution in [2.75, 3.05) is 39.3 Å². The van der Waals surface area contributed by atoms with Crippen LogP contribution < -0.4 is 30.4 Å². The van der Waals surface area contributed by atoms with Gasteiger partial charge in [-0.15, -0.1) is 23.7 Å². The van der Waals surface area contributed by atoms with Crippen LogP contribution in [-0.4, -0.2) is 54.4 Å². The smallest absolute Gasteiger partial charge is 0.271 e. The van der Waals surface area contributed by atoms with Crippen molar-refractivity contribution in [3.63, 3.8) is 0 Å². The number of benzene rings is 2. The normalized spacial score (nSPS) is 10.8. The monoisotopic (exact) mass is 731 g/mol. The molecule has 0 unspecified atom stereocenters. The summed E-state index contributed by atoms with van der Waals surface area (Å²) in [7, 11) is 3.21. The molecule has 0 aliphatic rings. The zero-order chi connectivity index (χ0) is 35.0. The summed E-state index contributed by atoms with van der Waals surface area (Å²) >= 11 is 1.44. The largest absolute Gasteiger partial charge is 0.497 e. The Hall–Kier alpha value is -5.34. The summed E-state index contributed by atoms with van der Waals surface area (Å²) in [4.78, 5) is 37.0. The number of pyridine rings is 3. The number of amides is 1. The molecule has 2 N–H and O–H groups in total. The summed E-state index contributed by atoms with van der Waals surface area (Å²) in [5.41, 5.74) is 2.36. The molecule has 4 heterocycles. The maximum Gasteiger partial charge on any atom is 0.271 e. The molecular formula is C37H35ClFN5O6S. The van der Waals surface area contributed by atoms with Crippen molar-refractivity contribution >= 4 is 45.6 Å². The Morgan fingerprint density at radius 3 is 2.49 bits per heavy atom. The molecule has 1 amide bonds. The second-order valence-electron chi connectivity index (χ2n) is 10.9. The lowest BCUT2D eigenvalue weighted by Gasteiger charge is -2.14. The van der Waals surface area contributed by atoms with Crippen LogP contribution >= 0.6 is 23.7 Å². The number of nitrogens with one attached hydrogen (secondary N) is 2. The predicted molar refractivity (Wildman–Crippen MR) is 198 cm³/mol. The number of thiophene rings is 1. The molecule has 0 fully saturated rings. The maximum atomic E-state index is 15.4. The minimum atomic E-state index is -0.750. The number of carbonyl (C=O) groups is 1. The van der Waals surface area contributed by atoms with Crippen molar-refractivity contribution in [2.24, 2.45) is 0 Å². The Bertz CT molecular complexity index is 2180. The van der Waals surface area contributed by atoms with Crippen molar-refractivity contribution in [2.45, 2.75) is 13.5 Å². The van der Waals surface area contributed by atoms with Gasteiger partial charge in [0.05, 0.1) is 41.1 Å². The van der Waals surface area contributed by atoms with Gasteiger partial charge in [-0.3, -0.25) is 24.1 Å². The van der Waals surface area contributed by atoms with E-state index in [9.17, 15) is 9.59 Å². The number of nitrogens with zero attached hydrogens (tertiary/aromatic N) is 3. The molecule has 0 spiro atoms.